The van der Waals surface area contributed by atoms with Crippen LogP contribution in [0.15, 0.2) is 11.8 Å². The van der Waals surface area contributed by atoms with E-state index in [1.807, 2.05) is 0 Å². The number of methoxy groups -OCH3 is 1. The standard InChI is InChI=1S/C6H7NO2/c1-5(7-2)4-6(8)9-3/h4H,1,3H3. The molecule has 48 valence electrons. The first kappa shape index (κ1) is 7.70. The van der Waals surface area contributed by atoms with Crippen LogP contribution in [0.1, 0.15) is 6.92 Å². The Bertz CT molecular complexity index is 176. The van der Waals surface area contributed by atoms with E-state index >= 15 is 0 Å². The van der Waals surface area contributed by atoms with Gasteiger partial charge in [-0.3, -0.25) is 0 Å². The van der Waals surface area contributed by atoms with Crippen LogP contribution in [0.4, 0.5) is 0 Å². The molecule has 9 heavy (non-hydrogen) atoms. The molecule has 0 N–H and O–H groups in total. The molecule has 0 unspecified atom stereocenters. The van der Waals surface area contributed by atoms with Crippen LogP contribution in [0.5, 0.6) is 0 Å². The minimum absolute atomic E-state index is 0.335. The zero-order valence-electron chi connectivity index (χ0n) is 5.34. The first-order chi connectivity index (χ1) is 4.20. The number of allylic oxidation sites excluding steroid dienone is 1. The Hall–Kier alpha value is -1.30. The minimum atomic E-state index is -0.483. The average Bonchev–Trinajstić information content (AvgIpc) is 1.87. The molecule has 0 aliphatic carbocycles. The Labute approximate surface area is 53.8 Å². The third-order valence-corrected chi connectivity index (χ3v) is 0.704. The summed E-state index contributed by atoms with van der Waals surface area (Å²) in [6.45, 7) is 7.97. The second kappa shape index (κ2) is 3.67. The molecule has 0 amide bonds. The van der Waals surface area contributed by atoms with Crippen molar-refractivity contribution < 1.29 is 9.53 Å². The van der Waals surface area contributed by atoms with E-state index in [4.69, 9.17) is 6.57 Å². The van der Waals surface area contributed by atoms with Gasteiger partial charge in [0.05, 0.1) is 13.7 Å². The summed E-state index contributed by atoms with van der Waals surface area (Å²) in [7, 11) is 1.27. The normalized spacial score (nSPS) is 10.1. The SMILES string of the molecule is [C-]#[N+]C(C)=CC(=O)OC. The zero-order valence-corrected chi connectivity index (χ0v) is 5.34. The quantitative estimate of drug-likeness (QED) is 0.297. The van der Waals surface area contributed by atoms with Gasteiger partial charge in [-0.2, -0.15) is 0 Å². The lowest BCUT2D eigenvalue weighted by atomic mass is 10.4. The fourth-order valence-corrected chi connectivity index (χ4v) is 0.262. The van der Waals surface area contributed by atoms with Crippen LogP contribution in [0.25, 0.3) is 4.85 Å². The number of nitrogens with zero attached hydrogens (tertiary/aromatic N) is 1. The summed E-state index contributed by atoms with van der Waals surface area (Å²) in [6, 6.07) is 0. The maximum Gasteiger partial charge on any atom is 0.319 e. The lowest BCUT2D eigenvalue weighted by Gasteiger charge is -1.87. The summed E-state index contributed by atoms with van der Waals surface area (Å²) in [5.41, 5.74) is 0.335. The van der Waals surface area contributed by atoms with E-state index in [-0.39, 0.29) is 0 Å². The summed E-state index contributed by atoms with van der Waals surface area (Å²) in [4.78, 5) is 13.3. The second-order valence-corrected chi connectivity index (χ2v) is 1.42. The van der Waals surface area contributed by atoms with Gasteiger partial charge in [0.15, 0.2) is 5.70 Å². The molecule has 0 bridgehead atoms. The molecule has 0 aliphatic rings. The molecular weight excluding hydrogens is 118 g/mol. The van der Waals surface area contributed by atoms with Gasteiger partial charge in [0.1, 0.15) is 0 Å². The Morgan fingerprint density at radius 2 is 2.33 bits per heavy atom. The van der Waals surface area contributed by atoms with E-state index in [2.05, 4.69) is 9.58 Å². The lowest BCUT2D eigenvalue weighted by Crippen LogP contribution is -1.94. The molecule has 0 heterocycles. The smallest absolute Gasteiger partial charge is 0.319 e. The average molecular weight is 125 g/mol. The Kier molecular flexibility index (Phi) is 3.14. The van der Waals surface area contributed by atoms with Crippen LogP contribution in [0, 0.1) is 6.57 Å². The van der Waals surface area contributed by atoms with Gasteiger partial charge in [0, 0.05) is 6.08 Å². The molecular formula is C6H7NO2. The molecule has 0 aromatic rings. The first-order valence-corrected chi connectivity index (χ1v) is 2.34. The highest BCUT2D eigenvalue weighted by atomic mass is 16.5. The fraction of sp³-hybridized carbons (Fsp3) is 0.333. The molecule has 0 saturated carbocycles. The van der Waals surface area contributed by atoms with Crippen molar-refractivity contribution in [2.45, 2.75) is 6.92 Å². The van der Waals surface area contributed by atoms with Gasteiger partial charge in [-0.1, -0.05) is 0 Å². The lowest BCUT2D eigenvalue weighted by molar-refractivity contribution is -0.134. The summed E-state index contributed by atoms with van der Waals surface area (Å²) < 4.78 is 4.26. The molecule has 0 atom stereocenters. The van der Waals surface area contributed by atoms with Crippen molar-refractivity contribution in [3.05, 3.63) is 23.2 Å². The Morgan fingerprint density at radius 1 is 1.78 bits per heavy atom. The summed E-state index contributed by atoms with van der Waals surface area (Å²) >= 11 is 0. The molecule has 0 aromatic carbocycles. The molecule has 0 aromatic heterocycles. The number of hydrogen-bond acceptors (Lipinski definition) is 2. The van der Waals surface area contributed by atoms with Gasteiger partial charge in [-0.15, -0.1) is 0 Å². The van der Waals surface area contributed by atoms with Gasteiger partial charge >= 0.3 is 5.97 Å². The molecule has 0 radical (unpaired) electrons. The number of carbonyl (C=O) groups is 1. The molecule has 0 fully saturated rings. The fourth-order valence-electron chi connectivity index (χ4n) is 0.262. The summed E-state index contributed by atoms with van der Waals surface area (Å²) in [5.74, 6) is -0.483. The molecule has 3 heteroatoms. The minimum Gasteiger partial charge on any atom is -0.467 e. The second-order valence-electron chi connectivity index (χ2n) is 1.42. The van der Waals surface area contributed by atoms with Crippen LogP contribution in [-0.4, -0.2) is 13.1 Å². The number of hydrogen-bond donors (Lipinski definition) is 0. The highest BCUT2D eigenvalue weighted by Crippen LogP contribution is 1.92. The van der Waals surface area contributed by atoms with E-state index in [9.17, 15) is 4.79 Å². The van der Waals surface area contributed by atoms with Crippen molar-refractivity contribution in [1.82, 2.24) is 0 Å². The van der Waals surface area contributed by atoms with Gasteiger partial charge in [0.2, 0.25) is 0 Å². The van der Waals surface area contributed by atoms with Crippen molar-refractivity contribution in [2.24, 2.45) is 0 Å². The largest absolute Gasteiger partial charge is 0.467 e. The number of rotatable bonds is 1. The molecule has 3 nitrogen and oxygen atoms in total. The highest BCUT2D eigenvalue weighted by molar-refractivity contribution is 5.82. The van der Waals surface area contributed by atoms with Gasteiger partial charge in [-0.25, -0.2) is 9.64 Å². The van der Waals surface area contributed by atoms with Gasteiger partial charge in [-0.05, 0) is 6.92 Å². The first-order valence-electron chi connectivity index (χ1n) is 2.34. The van der Waals surface area contributed by atoms with Gasteiger partial charge < -0.3 is 4.74 Å². The molecule has 0 aliphatic heterocycles. The van der Waals surface area contributed by atoms with Crippen molar-refractivity contribution >= 4 is 5.97 Å². The van der Waals surface area contributed by atoms with Crippen LogP contribution in [0.2, 0.25) is 0 Å². The third kappa shape index (κ3) is 3.30. The summed E-state index contributed by atoms with van der Waals surface area (Å²) in [5, 5.41) is 0. The van der Waals surface area contributed by atoms with Crippen molar-refractivity contribution in [2.75, 3.05) is 7.11 Å². The number of esters is 1. The van der Waals surface area contributed by atoms with Crippen molar-refractivity contribution in [3.63, 3.8) is 0 Å². The predicted molar refractivity (Wildman–Crippen MR) is 32.4 cm³/mol. The molecule has 0 saturated heterocycles. The maximum atomic E-state index is 10.3. The van der Waals surface area contributed by atoms with Crippen molar-refractivity contribution in [3.8, 4) is 0 Å². The number of ether oxygens (including phenoxy) is 1. The van der Waals surface area contributed by atoms with E-state index in [1.165, 1.54) is 7.11 Å². The maximum absolute atomic E-state index is 10.3. The van der Waals surface area contributed by atoms with Crippen LogP contribution in [-0.2, 0) is 9.53 Å². The predicted octanol–water partition coefficient (Wildman–Crippen LogP) is 0.982. The monoisotopic (exact) mass is 125 g/mol. The zero-order chi connectivity index (χ0) is 7.28. The number of carbonyl (C=O) groups excluding carboxylic acids is 1. The van der Waals surface area contributed by atoms with E-state index in [1.54, 1.807) is 6.92 Å². The summed E-state index contributed by atoms with van der Waals surface area (Å²) in [6.07, 6.45) is 1.15. The van der Waals surface area contributed by atoms with Crippen LogP contribution >= 0.6 is 0 Å². The Morgan fingerprint density at radius 3 is 2.67 bits per heavy atom. The van der Waals surface area contributed by atoms with E-state index < -0.39 is 5.97 Å². The highest BCUT2D eigenvalue weighted by Gasteiger charge is 1.92. The topological polar surface area (TPSA) is 30.7 Å². The van der Waals surface area contributed by atoms with Gasteiger partial charge in [0.25, 0.3) is 0 Å². The van der Waals surface area contributed by atoms with E-state index in [0.717, 1.165) is 6.08 Å². The Balaban J connectivity index is 4.00. The van der Waals surface area contributed by atoms with E-state index in [0.29, 0.717) is 5.70 Å². The van der Waals surface area contributed by atoms with Crippen LogP contribution < -0.4 is 0 Å². The molecule has 0 rings (SSSR count). The van der Waals surface area contributed by atoms with Crippen LogP contribution in [0.3, 0.4) is 0 Å². The molecule has 0 spiro atoms. The third-order valence-electron chi connectivity index (χ3n) is 0.704. The van der Waals surface area contributed by atoms with Crippen molar-refractivity contribution in [1.29, 1.82) is 0 Å².